The van der Waals surface area contributed by atoms with Crippen LogP contribution in [-0.2, 0) is 15.9 Å². The molecule has 1 saturated heterocycles. The standard InChI is InChI=1S/C20H25NO4/c1-6-13-20(7-2)16(14-15-11-9-8-10-12-15)21(18(23)25-20)17(22)24-19(3,4)5/h6-12,16H,1-2,13-14H2,3-5H3/t16-,20+/m0/s1. The van der Waals surface area contributed by atoms with Gasteiger partial charge in [0.15, 0.2) is 5.60 Å². The number of carbonyl (C=O) groups is 2. The van der Waals surface area contributed by atoms with Crippen LogP contribution in [0.15, 0.2) is 55.6 Å². The first-order valence-electron chi connectivity index (χ1n) is 8.26. The highest BCUT2D eigenvalue weighted by atomic mass is 16.6. The van der Waals surface area contributed by atoms with E-state index in [9.17, 15) is 9.59 Å². The van der Waals surface area contributed by atoms with Crippen LogP contribution >= 0.6 is 0 Å². The van der Waals surface area contributed by atoms with Gasteiger partial charge in [0.05, 0.1) is 6.04 Å². The van der Waals surface area contributed by atoms with Crippen LogP contribution in [0.4, 0.5) is 9.59 Å². The third-order valence-electron chi connectivity index (χ3n) is 4.02. The van der Waals surface area contributed by atoms with E-state index in [2.05, 4.69) is 13.2 Å². The molecule has 0 aliphatic carbocycles. The predicted octanol–water partition coefficient (Wildman–Crippen LogP) is 4.49. The van der Waals surface area contributed by atoms with E-state index in [0.717, 1.165) is 10.5 Å². The van der Waals surface area contributed by atoms with Gasteiger partial charge in [-0.3, -0.25) is 0 Å². The maximum atomic E-state index is 12.6. The maximum absolute atomic E-state index is 12.6. The van der Waals surface area contributed by atoms with Crippen molar-refractivity contribution in [3.8, 4) is 0 Å². The summed E-state index contributed by atoms with van der Waals surface area (Å²) in [6.07, 6.45) is 2.59. The Labute approximate surface area is 148 Å². The molecule has 5 nitrogen and oxygen atoms in total. The number of rotatable bonds is 5. The number of benzene rings is 1. The minimum atomic E-state index is -1.02. The summed E-state index contributed by atoms with van der Waals surface area (Å²) in [5.41, 5.74) is -0.757. The molecule has 1 aromatic carbocycles. The van der Waals surface area contributed by atoms with Gasteiger partial charge < -0.3 is 9.47 Å². The molecule has 5 heteroatoms. The molecule has 134 valence electrons. The van der Waals surface area contributed by atoms with Gasteiger partial charge in [0.25, 0.3) is 0 Å². The highest BCUT2D eigenvalue weighted by molar-refractivity contribution is 5.91. The molecule has 1 aliphatic heterocycles. The fourth-order valence-corrected chi connectivity index (χ4v) is 2.90. The summed E-state index contributed by atoms with van der Waals surface area (Å²) in [6.45, 7) is 12.8. The average molecular weight is 343 g/mol. The number of hydrogen-bond donors (Lipinski definition) is 0. The molecule has 0 saturated carbocycles. The molecule has 1 fully saturated rings. The second kappa shape index (κ2) is 7.13. The van der Waals surface area contributed by atoms with Gasteiger partial charge in [-0.2, -0.15) is 0 Å². The van der Waals surface area contributed by atoms with Crippen molar-refractivity contribution in [2.24, 2.45) is 0 Å². The SMILES string of the molecule is C=CC[C@@]1(C=C)OC(=O)N(C(=O)OC(C)(C)C)[C@H]1Cc1ccccc1. The van der Waals surface area contributed by atoms with Crippen molar-refractivity contribution in [1.82, 2.24) is 4.90 Å². The number of amides is 2. The zero-order valence-corrected chi connectivity index (χ0v) is 15.0. The lowest BCUT2D eigenvalue weighted by molar-refractivity contribution is 0.0271. The molecule has 2 rings (SSSR count). The summed E-state index contributed by atoms with van der Waals surface area (Å²) in [7, 11) is 0. The highest BCUT2D eigenvalue weighted by Crippen LogP contribution is 2.37. The van der Waals surface area contributed by atoms with Crippen molar-refractivity contribution in [1.29, 1.82) is 0 Å². The Bertz CT molecular complexity index is 662. The van der Waals surface area contributed by atoms with Gasteiger partial charge in [-0.25, -0.2) is 14.5 Å². The molecular weight excluding hydrogens is 318 g/mol. The first kappa shape index (κ1) is 18.8. The number of hydrogen-bond acceptors (Lipinski definition) is 4. The Kier molecular flexibility index (Phi) is 5.36. The van der Waals surface area contributed by atoms with Crippen LogP contribution in [0.25, 0.3) is 0 Å². The lowest BCUT2D eigenvalue weighted by Crippen LogP contribution is -2.49. The Balaban J connectivity index is 2.41. The second-order valence-electron chi connectivity index (χ2n) is 7.08. The third-order valence-corrected chi connectivity index (χ3v) is 4.02. The molecule has 0 aromatic heterocycles. The van der Waals surface area contributed by atoms with Crippen molar-refractivity contribution >= 4 is 12.2 Å². The zero-order chi connectivity index (χ0) is 18.7. The van der Waals surface area contributed by atoms with E-state index >= 15 is 0 Å². The number of cyclic esters (lactones) is 1. The first-order chi connectivity index (χ1) is 11.7. The summed E-state index contributed by atoms with van der Waals surface area (Å²) in [6, 6.07) is 9.06. The Morgan fingerprint density at radius 1 is 1.32 bits per heavy atom. The van der Waals surface area contributed by atoms with Crippen molar-refractivity contribution < 1.29 is 19.1 Å². The van der Waals surface area contributed by atoms with Gasteiger partial charge >= 0.3 is 12.2 Å². The lowest BCUT2D eigenvalue weighted by Gasteiger charge is -2.32. The molecular formula is C20H25NO4. The second-order valence-corrected chi connectivity index (χ2v) is 7.08. The molecule has 0 N–H and O–H groups in total. The average Bonchev–Trinajstić information content (AvgIpc) is 2.79. The number of imide groups is 1. The molecule has 0 unspecified atom stereocenters. The largest absolute Gasteiger partial charge is 0.443 e. The highest BCUT2D eigenvalue weighted by Gasteiger charge is 2.55. The van der Waals surface area contributed by atoms with Crippen LogP contribution in [0.3, 0.4) is 0 Å². The summed E-state index contributed by atoms with van der Waals surface area (Å²) in [5.74, 6) is 0. The Morgan fingerprint density at radius 2 is 1.96 bits per heavy atom. The van der Waals surface area contributed by atoms with Crippen LogP contribution in [0, 0.1) is 0 Å². The van der Waals surface area contributed by atoms with Crippen molar-refractivity contribution in [3.63, 3.8) is 0 Å². The monoisotopic (exact) mass is 343 g/mol. The number of ether oxygens (including phenoxy) is 2. The van der Waals surface area contributed by atoms with Crippen LogP contribution in [-0.4, -0.2) is 34.3 Å². The summed E-state index contributed by atoms with van der Waals surface area (Å²) in [4.78, 5) is 26.2. The van der Waals surface area contributed by atoms with Crippen LogP contribution in [0.1, 0.15) is 32.8 Å². The molecule has 0 spiro atoms. The van der Waals surface area contributed by atoms with E-state index < -0.39 is 29.4 Å². The minimum Gasteiger partial charge on any atom is -0.443 e. The third kappa shape index (κ3) is 4.10. The molecule has 25 heavy (non-hydrogen) atoms. The zero-order valence-electron chi connectivity index (χ0n) is 15.0. The molecule has 0 bridgehead atoms. The van der Waals surface area contributed by atoms with E-state index in [4.69, 9.17) is 9.47 Å². The van der Waals surface area contributed by atoms with Gasteiger partial charge in [-0.1, -0.05) is 43.0 Å². The molecule has 2 amide bonds. The van der Waals surface area contributed by atoms with Gasteiger partial charge in [-0.15, -0.1) is 6.58 Å². The topological polar surface area (TPSA) is 55.8 Å². The van der Waals surface area contributed by atoms with Gasteiger partial charge in [0.2, 0.25) is 0 Å². The van der Waals surface area contributed by atoms with Crippen molar-refractivity contribution in [2.75, 3.05) is 0 Å². The Morgan fingerprint density at radius 3 is 2.48 bits per heavy atom. The van der Waals surface area contributed by atoms with Crippen LogP contribution in [0.2, 0.25) is 0 Å². The number of nitrogens with zero attached hydrogens (tertiary/aromatic N) is 1. The van der Waals surface area contributed by atoms with E-state index in [1.807, 2.05) is 30.3 Å². The molecule has 2 atom stereocenters. The lowest BCUT2D eigenvalue weighted by atomic mass is 9.86. The molecule has 0 radical (unpaired) electrons. The van der Waals surface area contributed by atoms with Crippen molar-refractivity contribution in [3.05, 3.63) is 61.2 Å². The minimum absolute atomic E-state index is 0.360. The van der Waals surface area contributed by atoms with Gasteiger partial charge in [-0.05, 0) is 38.8 Å². The van der Waals surface area contributed by atoms with Gasteiger partial charge in [0.1, 0.15) is 5.60 Å². The fourth-order valence-electron chi connectivity index (χ4n) is 2.90. The Hall–Kier alpha value is -2.56. The molecule has 1 heterocycles. The quantitative estimate of drug-likeness (QED) is 0.739. The first-order valence-corrected chi connectivity index (χ1v) is 8.26. The summed E-state index contributed by atoms with van der Waals surface area (Å²) < 4.78 is 11.0. The van der Waals surface area contributed by atoms with Gasteiger partial charge in [0, 0.05) is 6.42 Å². The van der Waals surface area contributed by atoms with E-state index in [1.165, 1.54) is 0 Å². The molecule has 1 aromatic rings. The predicted molar refractivity (Wildman–Crippen MR) is 96.2 cm³/mol. The smallest absolute Gasteiger partial charge is 0.420 e. The fraction of sp³-hybridized carbons (Fsp3) is 0.400. The summed E-state index contributed by atoms with van der Waals surface area (Å²) >= 11 is 0. The van der Waals surface area contributed by atoms with E-state index in [0.29, 0.717) is 12.8 Å². The van der Waals surface area contributed by atoms with Crippen LogP contribution in [0.5, 0.6) is 0 Å². The normalized spacial score (nSPS) is 23.1. The van der Waals surface area contributed by atoms with Crippen LogP contribution < -0.4 is 0 Å². The van der Waals surface area contributed by atoms with Crippen molar-refractivity contribution in [2.45, 2.75) is 50.9 Å². The maximum Gasteiger partial charge on any atom is 0.420 e. The summed E-state index contributed by atoms with van der Waals surface area (Å²) in [5, 5.41) is 0. The van der Waals surface area contributed by atoms with E-state index in [1.54, 1.807) is 32.9 Å². The van der Waals surface area contributed by atoms with E-state index in [-0.39, 0.29) is 0 Å². The molecule has 1 aliphatic rings. The number of carbonyl (C=O) groups excluding carboxylic acids is 2.